The van der Waals surface area contributed by atoms with Gasteiger partial charge in [0, 0.05) is 18.5 Å². The molecule has 1 N–H and O–H groups in total. The largest absolute Gasteiger partial charge is 0.481 e. The van der Waals surface area contributed by atoms with Crippen molar-refractivity contribution in [2.45, 2.75) is 57.9 Å². The van der Waals surface area contributed by atoms with Crippen molar-refractivity contribution in [2.75, 3.05) is 6.54 Å². The number of carboxylic acids is 1. The smallest absolute Gasteiger partial charge is 0.306 e. The van der Waals surface area contributed by atoms with Gasteiger partial charge in [0.2, 0.25) is 5.91 Å². The minimum atomic E-state index is -0.751. The quantitative estimate of drug-likeness (QED) is 0.902. The van der Waals surface area contributed by atoms with Gasteiger partial charge < -0.3 is 10.0 Å². The molecule has 0 heterocycles. The molecule has 1 aromatic carbocycles. The predicted molar refractivity (Wildman–Crippen MR) is 92.7 cm³/mol. The maximum atomic E-state index is 13.0. The minimum absolute atomic E-state index is 0.102. The van der Waals surface area contributed by atoms with Crippen LogP contribution in [0.15, 0.2) is 24.3 Å². The summed E-state index contributed by atoms with van der Waals surface area (Å²) in [6.45, 7) is 2.88. The number of aliphatic carboxylic acids is 1. The number of nitrogens with zero attached hydrogens (tertiary/aromatic N) is 1. The van der Waals surface area contributed by atoms with Gasteiger partial charge in [-0.25, -0.2) is 0 Å². The van der Waals surface area contributed by atoms with Crippen LogP contribution in [0.1, 0.15) is 50.2 Å². The third kappa shape index (κ3) is 3.47. The number of carboxylic acid groups (broad SMARTS) is 1. The molecule has 1 fully saturated rings. The molecule has 1 amide bonds. The van der Waals surface area contributed by atoms with Gasteiger partial charge >= 0.3 is 5.97 Å². The molecule has 1 unspecified atom stereocenters. The molecule has 3 atom stereocenters. The Kier molecular flexibility index (Phi) is 5.22. The highest BCUT2D eigenvalue weighted by molar-refractivity contribution is 5.81. The molecular weight excluding hydrogens is 302 g/mol. The summed E-state index contributed by atoms with van der Waals surface area (Å²) in [5.41, 5.74) is 2.77. The third-order valence-corrected chi connectivity index (χ3v) is 5.64. The highest BCUT2D eigenvalue weighted by Crippen LogP contribution is 2.34. The molecule has 24 heavy (non-hydrogen) atoms. The van der Waals surface area contributed by atoms with Gasteiger partial charge in [-0.05, 0) is 56.1 Å². The van der Waals surface area contributed by atoms with Crippen molar-refractivity contribution in [2.24, 2.45) is 11.8 Å². The normalized spacial score (nSPS) is 26.0. The monoisotopic (exact) mass is 329 g/mol. The maximum Gasteiger partial charge on any atom is 0.306 e. The summed E-state index contributed by atoms with van der Waals surface area (Å²) >= 11 is 0. The van der Waals surface area contributed by atoms with Crippen molar-refractivity contribution in [3.63, 3.8) is 0 Å². The molecule has 130 valence electrons. The molecular formula is C20H27NO3. The molecule has 0 bridgehead atoms. The molecule has 2 aliphatic carbocycles. The molecule has 1 aromatic rings. The SMILES string of the molecule is CCCN(C(=O)[C@@H]1CC[C@H](C(=O)O)C1)C1CCc2ccccc2C1. The Morgan fingerprint density at radius 1 is 1.12 bits per heavy atom. The van der Waals surface area contributed by atoms with Gasteiger partial charge in [-0.2, -0.15) is 0 Å². The van der Waals surface area contributed by atoms with Crippen LogP contribution in [0.4, 0.5) is 0 Å². The summed E-state index contributed by atoms with van der Waals surface area (Å²) < 4.78 is 0. The van der Waals surface area contributed by atoms with Gasteiger partial charge in [-0.1, -0.05) is 31.2 Å². The predicted octanol–water partition coefficient (Wildman–Crippen LogP) is 3.28. The van der Waals surface area contributed by atoms with E-state index in [4.69, 9.17) is 0 Å². The van der Waals surface area contributed by atoms with Crippen LogP contribution < -0.4 is 0 Å². The number of benzene rings is 1. The van der Waals surface area contributed by atoms with Crippen LogP contribution in [0.3, 0.4) is 0 Å². The number of fused-ring (bicyclic) bond motifs is 1. The Bertz CT molecular complexity index is 613. The molecule has 1 saturated carbocycles. The summed E-state index contributed by atoms with van der Waals surface area (Å²) in [5.74, 6) is -1.01. The van der Waals surface area contributed by atoms with E-state index in [2.05, 4.69) is 36.1 Å². The first-order valence-electron chi connectivity index (χ1n) is 9.20. The van der Waals surface area contributed by atoms with E-state index in [0.717, 1.165) is 38.6 Å². The Balaban J connectivity index is 1.71. The van der Waals surface area contributed by atoms with E-state index in [9.17, 15) is 14.7 Å². The Labute approximate surface area is 143 Å². The van der Waals surface area contributed by atoms with Crippen LogP contribution in [0.5, 0.6) is 0 Å². The first-order valence-corrected chi connectivity index (χ1v) is 9.20. The van der Waals surface area contributed by atoms with E-state index < -0.39 is 5.97 Å². The molecule has 2 aliphatic rings. The molecule has 4 heteroatoms. The van der Waals surface area contributed by atoms with E-state index in [1.807, 2.05) is 0 Å². The second kappa shape index (κ2) is 7.37. The van der Waals surface area contributed by atoms with Gasteiger partial charge in [0.25, 0.3) is 0 Å². The lowest BCUT2D eigenvalue weighted by atomic mass is 9.87. The van der Waals surface area contributed by atoms with Crippen LogP contribution in [0, 0.1) is 11.8 Å². The second-order valence-electron chi connectivity index (χ2n) is 7.24. The highest BCUT2D eigenvalue weighted by Gasteiger charge is 2.38. The fourth-order valence-corrected chi connectivity index (χ4v) is 4.32. The molecule has 0 aliphatic heterocycles. The van der Waals surface area contributed by atoms with Crippen molar-refractivity contribution in [1.29, 1.82) is 0 Å². The molecule has 0 saturated heterocycles. The van der Waals surface area contributed by atoms with Crippen molar-refractivity contribution in [3.8, 4) is 0 Å². The number of rotatable bonds is 5. The standard InChI is InChI=1S/C20H27NO3/c1-2-11-21(19(22)16-7-8-17(12-16)20(23)24)18-10-9-14-5-3-4-6-15(14)13-18/h3-6,16-18H,2,7-13H2,1H3,(H,23,24)/t16-,17+,18?/m1/s1. The van der Waals surface area contributed by atoms with Crippen molar-refractivity contribution in [3.05, 3.63) is 35.4 Å². The average molecular weight is 329 g/mol. The molecule has 3 rings (SSSR count). The maximum absolute atomic E-state index is 13.0. The van der Waals surface area contributed by atoms with Crippen LogP contribution in [0.25, 0.3) is 0 Å². The van der Waals surface area contributed by atoms with Crippen molar-refractivity contribution < 1.29 is 14.7 Å². The summed E-state index contributed by atoms with van der Waals surface area (Å²) in [6, 6.07) is 8.77. The fraction of sp³-hybridized carbons (Fsp3) is 0.600. The summed E-state index contributed by atoms with van der Waals surface area (Å²) in [4.78, 5) is 26.3. The van der Waals surface area contributed by atoms with Crippen LogP contribution in [0.2, 0.25) is 0 Å². The van der Waals surface area contributed by atoms with Gasteiger partial charge in [0.1, 0.15) is 0 Å². The lowest BCUT2D eigenvalue weighted by Crippen LogP contribution is -2.46. The summed E-state index contributed by atoms with van der Waals surface area (Å²) in [5, 5.41) is 9.19. The first-order chi connectivity index (χ1) is 11.6. The number of hydrogen-bond acceptors (Lipinski definition) is 2. The number of carbonyl (C=O) groups excluding carboxylic acids is 1. The Hall–Kier alpha value is -1.84. The highest BCUT2D eigenvalue weighted by atomic mass is 16.4. The zero-order valence-electron chi connectivity index (χ0n) is 14.4. The third-order valence-electron chi connectivity index (χ3n) is 5.64. The fourth-order valence-electron chi connectivity index (χ4n) is 4.32. The van der Waals surface area contributed by atoms with Crippen molar-refractivity contribution in [1.82, 2.24) is 4.90 Å². The Morgan fingerprint density at radius 2 is 1.83 bits per heavy atom. The average Bonchev–Trinajstić information content (AvgIpc) is 3.09. The van der Waals surface area contributed by atoms with Gasteiger partial charge in [-0.3, -0.25) is 9.59 Å². The Morgan fingerprint density at radius 3 is 2.50 bits per heavy atom. The summed E-state index contributed by atoms with van der Waals surface area (Å²) in [7, 11) is 0. The van der Waals surface area contributed by atoms with E-state index in [0.29, 0.717) is 12.8 Å². The van der Waals surface area contributed by atoms with Gasteiger partial charge in [0.15, 0.2) is 0 Å². The number of aryl methyl sites for hydroxylation is 1. The van der Waals surface area contributed by atoms with Crippen LogP contribution in [-0.2, 0) is 22.4 Å². The van der Waals surface area contributed by atoms with E-state index in [1.165, 1.54) is 11.1 Å². The minimum Gasteiger partial charge on any atom is -0.481 e. The molecule has 4 nitrogen and oxygen atoms in total. The molecule has 0 radical (unpaired) electrons. The van der Waals surface area contributed by atoms with E-state index in [-0.39, 0.29) is 23.8 Å². The number of hydrogen-bond donors (Lipinski definition) is 1. The van der Waals surface area contributed by atoms with Crippen LogP contribution in [-0.4, -0.2) is 34.5 Å². The van der Waals surface area contributed by atoms with Gasteiger partial charge in [0.05, 0.1) is 5.92 Å². The topological polar surface area (TPSA) is 57.6 Å². The first kappa shape index (κ1) is 17.0. The lowest BCUT2D eigenvalue weighted by Gasteiger charge is -2.36. The zero-order chi connectivity index (χ0) is 17.1. The van der Waals surface area contributed by atoms with Crippen molar-refractivity contribution >= 4 is 11.9 Å². The molecule has 0 spiro atoms. The zero-order valence-corrected chi connectivity index (χ0v) is 14.4. The van der Waals surface area contributed by atoms with E-state index in [1.54, 1.807) is 0 Å². The lowest BCUT2D eigenvalue weighted by molar-refractivity contribution is -0.142. The second-order valence-corrected chi connectivity index (χ2v) is 7.24. The molecule has 0 aromatic heterocycles. The van der Waals surface area contributed by atoms with Crippen LogP contribution >= 0.6 is 0 Å². The number of amides is 1. The van der Waals surface area contributed by atoms with Gasteiger partial charge in [-0.15, -0.1) is 0 Å². The number of carbonyl (C=O) groups is 2. The summed E-state index contributed by atoms with van der Waals surface area (Å²) in [6.07, 6.45) is 5.78. The van der Waals surface area contributed by atoms with E-state index >= 15 is 0 Å².